The maximum atomic E-state index is 12.4. The third kappa shape index (κ3) is 4.43. The van der Waals surface area contributed by atoms with Gasteiger partial charge in [0.05, 0.1) is 11.3 Å². The van der Waals surface area contributed by atoms with Crippen LogP contribution in [0.2, 0.25) is 0 Å². The Labute approximate surface area is 120 Å². The number of likely N-dealkylation sites (N-methyl/N-ethyl adjacent to an activating group) is 1. The molecule has 1 unspecified atom stereocenters. The summed E-state index contributed by atoms with van der Waals surface area (Å²) < 4.78 is 61.7. The molecular weight excluding hydrogens is 311 g/mol. The first-order chi connectivity index (χ1) is 9.45. The zero-order chi connectivity index (χ0) is 16.4. The summed E-state index contributed by atoms with van der Waals surface area (Å²) in [6.45, 7) is 1.71. The van der Waals surface area contributed by atoms with Crippen molar-refractivity contribution in [3.05, 3.63) is 29.8 Å². The summed E-state index contributed by atoms with van der Waals surface area (Å²) in [5.41, 5.74) is 0.765. The van der Waals surface area contributed by atoms with Gasteiger partial charge in [0.25, 0.3) is 0 Å². The van der Waals surface area contributed by atoms with E-state index in [-0.39, 0.29) is 9.20 Å². The Balaban J connectivity index is 3.15. The van der Waals surface area contributed by atoms with Gasteiger partial charge in [0, 0.05) is 7.05 Å². The van der Waals surface area contributed by atoms with Crippen molar-refractivity contribution in [2.24, 2.45) is 0 Å². The van der Waals surface area contributed by atoms with Crippen LogP contribution in [0.3, 0.4) is 0 Å². The number of halogens is 3. The first kappa shape index (κ1) is 17.4. The van der Waals surface area contributed by atoms with Crippen LogP contribution in [-0.4, -0.2) is 43.1 Å². The lowest BCUT2D eigenvalue weighted by Crippen LogP contribution is -2.44. The second kappa shape index (κ2) is 6.02. The molecule has 0 aliphatic rings. The van der Waals surface area contributed by atoms with Gasteiger partial charge in [-0.25, -0.2) is 8.42 Å². The van der Waals surface area contributed by atoms with Gasteiger partial charge in [-0.05, 0) is 19.1 Å². The van der Waals surface area contributed by atoms with Crippen molar-refractivity contribution in [2.45, 2.75) is 30.5 Å². The summed E-state index contributed by atoms with van der Waals surface area (Å²) >= 11 is 0. The van der Waals surface area contributed by atoms with E-state index in [1.807, 2.05) is 0 Å². The van der Waals surface area contributed by atoms with E-state index in [2.05, 4.69) is 0 Å². The predicted octanol–water partition coefficient (Wildman–Crippen LogP) is 2.02. The van der Waals surface area contributed by atoms with Crippen molar-refractivity contribution in [1.29, 1.82) is 0 Å². The number of alkyl halides is 3. The van der Waals surface area contributed by atoms with Crippen LogP contribution in [-0.2, 0) is 14.8 Å². The summed E-state index contributed by atoms with van der Waals surface area (Å²) in [6, 6.07) is 3.17. The van der Waals surface area contributed by atoms with Gasteiger partial charge in [-0.3, -0.25) is 4.79 Å². The third-order valence-corrected chi connectivity index (χ3v) is 4.73. The number of aryl methyl sites for hydroxylation is 1. The van der Waals surface area contributed by atoms with Gasteiger partial charge < -0.3 is 5.11 Å². The summed E-state index contributed by atoms with van der Waals surface area (Å²) in [7, 11) is -3.50. The van der Waals surface area contributed by atoms with Crippen LogP contribution in [0.25, 0.3) is 0 Å². The second-order valence-corrected chi connectivity index (χ2v) is 6.51. The molecule has 1 aromatic carbocycles. The zero-order valence-electron chi connectivity index (χ0n) is 11.3. The number of hydrogen-bond donors (Lipinski definition) is 1. The molecule has 1 N–H and O–H groups in total. The number of carboxylic acid groups (broad SMARTS) is 1. The molecule has 5 nitrogen and oxygen atoms in total. The van der Waals surface area contributed by atoms with Crippen LogP contribution in [0.5, 0.6) is 0 Å². The molecule has 0 radical (unpaired) electrons. The van der Waals surface area contributed by atoms with Crippen molar-refractivity contribution < 1.29 is 31.5 Å². The SMILES string of the molecule is Cc1ccc(S(=O)(=O)N(C)C(CC(F)(F)F)C(=O)O)cc1. The highest BCUT2D eigenvalue weighted by atomic mass is 32.2. The Morgan fingerprint density at radius 3 is 2.14 bits per heavy atom. The van der Waals surface area contributed by atoms with Crippen LogP contribution >= 0.6 is 0 Å². The zero-order valence-corrected chi connectivity index (χ0v) is 12.1. The molecule has 1 atom stereocenters. The summed E-state index contributed by atoms with van der Waals surface area (Å²) in [5.74, 6) is -1.86. The topological polar surface area (TPSA) is 74.7 Å². The molecule has 0 heterocycles. The Morgan fingerprint density at radius 1 is 1.29 bits per heavy atom. The molecule has 21 heavy (non-hydrogen) atoms. The highest BCUT2D eigenvalue weighted by Gasteiger charge is 2.41. The number of sulfonamides is 1. The number of aliphatic carboxylic acids is 1. The minimum atomic E-state index is -4.79. The Bertz CT molecular complexity index is 610. The van der Waals surface area contributed by atoms with E-state index in [0.29, 0.717) is 0 Å². The smallest absolute Gasteiger partial charge is 0.391 e. The highest BCUT2D eigenvalue weighted by Crippen LogP contribution is 2.27. The van der Waals surface area contributed by atoms with Gasteiger partial charge in [0.15, 0.2) is 0 Å². The Hall–Kier alpha value is -1.61. The maximum absolute atomic E-state index is 12.4. The fraction of sp³-hybridized carbons (Fsp3) is 0.417. The van der Waals surface area contributed by atoms with Gasteiger partial charge in [-0.15, -0.1) is 0 Å². The average Bonchev–Trinajstić information content (AvgIpc) is 2.34. The van der Waals surface area contributed by atoms with Crippen molar-refractivity contribution in [3.8, 4) is 0 Å². The number of benzene rings is 1. The minimum Gasteiger partial charge on any atom is -0.480 e. The van der Waals surface area contributed by atoms with Gasteiger partial charge in [-0.1, -0.05) is 17.7 Å². The lowest BCUT2D eigenvalue weighted by molar-refractivity contribution is -0.162. The Morgan fingerprint density at radius 2 is 1.76 bits per heavy atom. The number of nitrogens with zero attached hydrogens (tertiary/aromatic N) is 1. The van der Waals surface area contributed by atoms with Crippen molar-refractivity contribution in [1.82, 2.24) is 4.31 Å². The van der Waals surface area contributed by atoms with Gasteiger partial charge in [0.1, 0.15) is 6.04 Å². The van der Waals surface area contributed by atoms with E-state index in [0.717, 1.165) is 12.6 Å². The normalized spacial score (nSPS) is 14.2. The first-order valence-corrected chi connectivity index (χ1v) is 7.23. The van der Waals surface area contributed by atoms with Crippen molar-refractivity contribution in [2.75, 3.05) is 7.05 Å². The first-order valence-electron chi connectivity index (χ1n) is 5.79. The number of hydrogen-bond acceptors (Lipinski definition) is 3. The van der Waals surface area contributed by atoms with E-state index in [9.17, 15) is 26.4 Å². The predicted molar refractivity (Wildman–Crippen MR) is 68.2 cm³/mol. The molecule has 0 saturated heterocycles. The molecule has 1 aromatic rings. The summed E-state index contributed by atoms with van der Waals surface area (Å²) in [5, 5.41) is 8.86. The monoisotopic (exact) mass is 325 g/mol. The van der Waals surface area contributed by atoms with Gasteiger partial charge in [-0.2, -0.15) is 17.5 Å². The van der Waals surface area contributed by atoms with E-state index in [4.69, 9.17) is 5.11 Å². The molecule has 0 amide bonds. The second-order valence-electron chi connectivity index (χ2n) is 4.51. The van der Waals surface area contributed by atoms with E-state index < -0.39 is 34.6 Å². The molecule has 0 bridgehead atoms. The largest absolute Gasteiger partial charge is 0.480 e. The highest BCUT2D eigenvalue weighted by molar-refractivity contribution is 7.89. The molecule has 0 fully saturated rings. The molecule has 0 aliphatic carbocycles. The van der Waals surface area contributed by atoms with Crippen LogP contribution in [0.1, 0.15) is 12.0 Å². The third-order valence-electron chi connectivity index (χ3n) is 2.85. The quantitative estimate of drug-likeness (QED) is 0.899. The van der Waals surface area contributed by atoms with Crippen LogP contribution in [0.15, 0.2) is 29.2 Å². The van der Waals surface area contributed by atoms with Crippen molar-refractivity contribution >= 4 is 16.0 Å². The maximum Gasteiger partial charge on any atom is 0.391 e. The molecular formula is C12H14F3NO4S. The van der Waals surface area contributed by atoms with Crippen molar-refractivity contribution in [3.63, 3.8) is 0 Å². The van der Waals surface area contributed by atoms with Crippen LogP contribution < -0.4 is 0 Å². The molecule has 0 spiro atoms. The molecule has 1 rings (SSSR count). The molecule has 0 saturated carbocycles. The molecule has 0 aromatic heterocycles. The minimum absolute atomic E-state index is 0.230. The Kier molecular flexibility index (Phi) is 5.00. The van der Waals surface area contributed by atoms with E-state index in [1.54, 1.807) is 6.92 Å². The van der Waals surface area contributed by atoms with Gasteiger partial charge in [0.2, 0.25) is 10.0 Å². The summed E-state index contributed by atoms with van der Waals surface area (Å²) in [4.78, 5) is 10.7. The summed E-state index contributed by atoms with van der Waals surface area (Å²) in [6.07, 6.45) is -6.55. The lowest BCUT2D eigenvalue weighted by atomic mass is 10.2. The van der Waals surface area contributed by atoms with Gasteiger partial charge >= 0.3 is 12.1 Å². The molecule has 9 heteroatoms. The fourth-order valence-electron chi connectivity index (χ4n) is 1.63. The van der Waals surface area contributed by atoms with E-state index >= 15 is 0 Å². The van der Waals surface area contributed by atoms with E-state index in [1.165, 1.54) is 24.3 Å². The average molecular weight is 325 g/mol. The number of carboxylic acids is 1. The van der Waals surface area contributed by atoms with Crippen LogP contribution in [0.4, 0.5) is 13.2 Å². The molecule has 118 valence electrons. The standard InChI is InChI=1S/C12H14F3NO4S/c1-8-3-5-9(6-4-8)21(19,20)16(2)10(11(17)18)7-12(13,14)15/h3-6,10H,7H2,1-2H3,(H,17,18). The molecule has 0 aliphatic heterocycles. The number of carbonyl (C=O) groups is 1. The lowest BCUT2D eigenvalue weighted by Gasteiger charge is -2.25. The van der Waals surface area contributed by atoms with Crippen LogP contribution in [0, 0.1) is 6.92 Å². The number of rotatable bonds is 5. The fourth-order valence-corrected chi connectivity index (χ4v) is 2.95.